The maximum atomic E-state index is 11.8. The molecule has 4 rings (SSSR count). The Labute approximate surface area is 158 Å². The van der Waals surface area contributed by atoms with Crippen LogP contribution in [-0.2, 0) is 11.3 Å². The highest BCUT2D eigenvalue weighted by atomic mass is 16.5. The van der Waals surface area contributed by atoms with Crippen LogP contribution in [0, 0.1) is 0 Å². The van der Waals surface area contributed by atoms with Crippen molar-refractivity contribution in [2.45, 2.75) is 12.5 Å². The van der Waals surface area contributed by atoms with E-state index in [1.807, 2.05) is 29.1 Å². The standard InChI is InChI=1S/C23H20N2O2/c1-27-23(26)19-12-13-20-15-25(24-22(20)14-19)16-21(17-8-4-2-5-9-17)18-10-6-3-7-11-18/h2-15,21H,16H2,1H3. The Morgan fingerprint density at radius 3 is 2.19 bits per heavy atom. The van der Waals surface area contributed by atoms with E-state index in [1.165, 1.54) is 18.2 Å². The van der Waals surface area contributed by atoms with Gasteiger partial charge >= 0.3 is 5.97 Å². The number of carbonyl (C=O) groups excluding carboxylic acids is 1. The van der Waals surface area contributed by atoms with E-state index in [1.54, 1.807) is 12.1 Å². The van der Waals surface area contributed by atoms with E-state index >= 15 is 0 Å². The van der Waals surface area contributed by atoms with Crippen LogP contribution >= 0.6 is 0 Å². The molecule has 0 saturated carbocycles. The first kappa shape index (κ1) is 17.0. The lowest BCUT2D eigenvalue weighted by molar-refractivity contribution is 0.0601. The lowest BCUT2D eigenvalue weighted by atomic mass is 9.91. The fourth-order valence-corrected chi connectivity index (χ4v) is 3.37. The first-order valence-corrected chi connectivity index (χ1v) is 8.90. The fourth-order valence-electron chi connectivity index (χ4n) is 3.37. The van der Waals surface area contributed by atoms with Crippen LogP contribution in [-0.4, -0.2) is 22.9 Å². The number of aromatic nitrogens is 2. The van der Waals surface area contributed by atoms with Gasteiger partial charge in [0, 0.05) is 17.5 Å². The van der Waals surface area contributed by atoms with E-state index in [0.29, 0.717) is 5.56 Å². The van der Waals surface area contributed by atoms with E-state index in [4.69, 9.17) is 4.74 Å². The molecule has 0 unspecified atom stereocenters. The minimum atomic E-state index is -0.349. The zero-order valence-corrected chi connectivity index (χ0v) is 15.1. The fraction of sp³-hybridized carbons (Fsp3) is 0.130. The topological polar surface area (TPSA) is 44.1 Å². The summed E-state index contributed by atoms with van der Waals surface area (Å²) in [5.41, 5.74) is 3.80. The Bertz CT molecular complexity index is 1020. The van der Waals surface area contributed by atoms with Gasteiger partial charge in [-0.25, -0.2) is 4.79 Å². The van der Waals surface area contributed by atoms with Crippen LogP contribution in [0.2, 0.25) is 0 Å². The molecular weight excluding hydrogens is 336 g/mol. The Morgan fingerprint density at radius 2 is 1.59 bits per heavy atom. The molecule has 4 aromatic rings. The Hall–Kier alpha value is -3.40. The van der Waals surface area contributed by atoms with Crippen LogP contribution in [0.3, 0.4) is 0 Å². The van der Waals surface area contributed by atoms with Gasteiger partial charge in [-0.15, -0.1) is 0 Å². The highest BCUT2D eigenvalue weighted by Gasteiger charge is 2.16. The maximum absolute atomic E-state index is 11.8. The van der Waals surface area contributed by atoms with Crippen molar-refractivity contribution in [1.29, 1.82) is 0 Å². The number of nitrogens with zero attached hydrogens (tertiary/aromatic N) is 2. The highest BCUT2D eigenvalue weighted by Crippen LogP contribution is 2.27. The quantitative estimate of drug-likeness (QED) is 0.489. The van der Waals surface area contributed by atoms with Crippen LogP contribution in [0.15, 0.2) is 85.1 Å². The number of benzene rings is 3. The summed E-state index contributed by atoms with van der Waals surface area (Å²) in [4.78, 5) is 11.8. The molecule has 0 saturated heterocycles. The van der Waals surface area contributed by atoms with Crippen LogP contribution in [0.5, 0.6) is 0 Å². The predicted molar refractivity (Wildman–Crippen MR) is 106 cm³/mol. The van der Waals surface area contributed by atoms with Gasteiger partial charge in [0.2, 0.25) is 0 Å². The zero-order chi connectivity index (χ0) is 18.6. The number of ether oxygens (including phenoxy) is 1. The molecule has 3 aromatic carbocycles. The number of rotatable bonds is 5. The number of esters is 1. The van der Waals surface area contributed by atoms with Gasteiger partial charge in [-0.2, -0.15) is 5.10 Å². The molecule has 0 spiro atoms. The van der Waals surface area contributed by atoms with Crippen molar-refractivity contribution in [1.82, 2.24) is 9.78 Å². The first-order chi connectivity index (χ1) is 13.2. The summed E-state index contributed by atoms with van der Waals surface area (Å²) in [5, 5.41) is 5.69. The van der Waals surface area contributed by atoms with Crippen molar-refractivity contribution < 1.29 is 9.53 Å². The molecule has 0 aliphatic carbocycles. The average molecular weight is 356 g/mol. The average Bonchev–Trinajstić information content (AvgIpc) is 3.14. The number of methoxy groups -OCH3 is 1. The molecular formula is C23H20N2O2. The summed E-state index contributed by atoms with van der Waals surface area (Å²) in [6.45, 7) is 0.719. The summed E-state index contributed by atoms with van der Waals surface area (Å²) >= 11 is 0. The van der Waals surface area contributed by atoms with E-state index in [-0.39, 0.29) is 11.9 Å². The molecule has 0 aliphatic heterocycles. The lowest BCUT2D eigenvalue weighted by Crippen LogP contribution is -2.11. The summed E-state index contributed by atoms with van der Waals surface area (Å²) in [5.74, 6) is -0.153. The monoisotopic (exact) mass is 356 g/mol. The molecule has 0 amide bonds. The second kappa shape index (κ2) is 7.46. The molecule has 134 valence electrons. The van der Waals surface area contributed by atoms with Gasteiger partial charge in [0.05, 0.1) is 24.7 Å². The van der Waals surface area contributed by atoms with Gasteiger partial charge in [0.25, 0.3) is 0 Å². The van der Waals surface area contributed by atoms with E-state index in [9.17, 15) is 4.79 Å². The minimum Gasteiger partial charge on any atom is -0.465 e. The smallest absolute Gasteiger partial charge is 0.337 e. The normalized spacial score (nSPS) is 11.0. The van der Waals surface area contributed by atoms with Gasteiger partial charge in [-0.3, -0.25) is 4.68 Å². The predicted octanol–water partition coefficient (Wildman–Crippen LogP) is 4.66. The molecule has 0 radical (unpaired) electrons. The molecule has 0 atom stereocenters. The van der Waals surface area contributed by atoms with Crippen LogP contribution < -0.4 is 0 Å². The molecule has 0 fully saturated rings. The van der Waals surface area contributed by atoms with Crippen molar-refractivity contribution in [3.8, 4) is 0 Å². The van der Waals surface area contributed by atoms with Crippen LogP contribution in [0.1, 0.15) is 27.4 Å². The number of hydrogen-bond acceptors (Lipinski definition) is 3. The second-order valence-electron chi connectivity index (χ2n) is 6.49. The van der Waals surface area contributed by atoms with Crippen molar-refractivity contribution in [2.75, 3.05) is 7.11 Å². The zero-order valence-electron chi connectivity index (χ0n) is 15.1. The number of carbonyl (C=O) groups is 1. The summed E-state index contributed by atoms with van der Waals surface area (Å²) in [6, 6.07) is 26.4. The third-order valence-electron chi connectivity index (χ3n) is 4.75. The Morgan fingerprint density at radius 1 is 0.963 bits per heavy atom. The van der Waals surface area contributed by atoms with Crippen molar-refractivity contribution in [2.24, 2.45) is 0 Å². The van der Waals surface area contributed by atoms with Gasteiger partial charge in [0.1, 0.15) is 0 Å². The summed E-state index contributed by atoms with van der Waals surface area (Å²) in [7, 11) is 1.38. The Balaban J connectivity index is 1.70. The molecule has 0 bridgehead atoms. The molecule has 27 heavy (non-hydrogen) atoms. The number of fused-ring (bicyclic) bond motifs is 1. The third-order valence-corrected chi connectivity index (χ3v) is 4.75. The van der Waals surface area contributed by atoms with E-state index in [0.717, 1.165) is 17.4 Å². The van der Waals surface area contributed by atoms with E-state index < -0.39 is 0 Å². The molecule has 1 aromatic heterocycles. The summed E-state index contributed by atoms with van der Waals surface area (Å²) < 4.78 is 6.75. The van der Waals surface area contributed by atoms with Gasteiger partial charge in [-0.1, -0.05) is 66.7 Å². The SMILES string of the molecule is COC(=O)c1ccc2cn(CC(c3ccccc3)c3ccccc3)nc2c1. The minimum absolute atomic E-state index is 0.196. The van der Waals surface area contributed by atoms with Gasteiger partial charge in [0.15, 0.2) is 0 Å². The molecule has 1 heterocycles. The largest absolute Gasteiger partial charge is 0.465 e. The van der Waals surface area contributed by atoms with Crippen molar-refractivity contribution >= 4 is 16.9 Å². The van der Waals surface area contributed by atoms with Gasteiger partial charge in [-0.05, 0) is 23.3 Å². The third kappa shape index (κ3) is 3.60. The molecule has 0 N–H and O–H groups in total. The molecule has 0 aliphatic rings. The Kier molecular flexibility index (Phi) is 4.71. The molecule has 4 nitrogen and oxygen atoms in total. The van der Waals surface area contributed by atoms with Crippen LogP contribution in [0.4, 0.5) is 0 Å². The van der Waals surface area contributed by atoms with Crippen LogP contribution in [0.25, 0.3) is 10.9 Å². The molecule has 4 heteroatoms. The highest BCUT2D eigenvalue weighted by molar-refractivity contribution is 5.94. The van der Waals surface area contributed by atoms with E-state index in [2.05, 4.69) is 53.6 Å². The lowest BCUT2D eigenvalue weighted by Gasteiger charge is -2.18. The van der Waals surface area contributed by atoms with Crippen molar-refractivity contribution in [3.63, 3.8) is 0 Å². The maximum Gasteiger partial charge on any atom is 0.337 e. The second-order valence-corrected chi connectivity index (χ2v) is 6.49. The van der Waals surface area contributed by atoms with Gasteiger partial charge < -0.3 is 4.74 Å². The summed E-state index contributed by atoms with van der Waals surface area (Å²) in [6.07, 6.45) is 2.02. The first-order valence-electron chi connectivity index (χ1n) is 8.90. The van der Waals surface area contributed by atoms with Crippen molar-refractivity contribution in [3.05, 3.63) is 102 Å². The number of hydrogen-bond donors (Lipinski definition) is 0.